The van der Waals surface area contributed by atoms with E-state index >= 15 is 8.78 Å². The number of nitrogens with one attached hydrogen (secondary N) is 1. The van der Waals surface area contributed by atoms with Gasteiger partial charge in [-0.25, -0.2) is 13.2 Å². The molecular formula is C37H41F6N3O4. The molecule has 1 saturated heterocycles. The molecule has 50 heavy (non-hydrogen) atoms. The maximum atomic E-state index is 16.6. The topological polar surface area (TPSA) is 91.6 Å². The maximum absolute atomic E-state index is 16.6. The number of rotatable bonds is 13. The van der Waals surface area contributed by atoms with Crippen LogP contribution in [0.4, 0.5) is 26.3 Å². The number of hydrogen-bond acceptors (Lipinski definition) is 4. The van der Waals surface area contributed by atoms with Gasteiger partial charge in [0.25, 0.3) is 5.56 Å². The molecule has 5 rings (SSSR count). The van der Waals surface area contributed by atoms with Gasteiger partial charge in [0.05, 0.1) is 18.0 Å². The van der Waals surface area contributed by atoms with Gasteiger partial charge in [-0.15, -0.1) is 0 Å². The van der Waals surface area contributed by atoms with Gasteiger partial charge in [0, 0.05) is 29.9 Å². The van der Waals surface area contributed by atoms with Crippen molar-refractivity contribution in [1.82, 2.24) is 14.8 Å². The molecule has 2 aliphatic rings. The summed E-state index contributed by atoms with van der Waals surface area (Å²) in [5.74, 6) is -5.89. The molecule has 2 atom stereocenters. The highest BCUT2D eigenvalue weighted by atomic mass is 19.4. The molecule has 1 saturated carbocycles. The molecule has 3 aromatic rings. The van der Waals surface area contributed by atoms with Crippen molar-refractivity contribution in [2.75, 3.05) is 19.6 Å². The summed E-state index contributed by atoms with van der Waals surface area (Å²) in [5.41, 5.74) is -2.40. The van der Waals surface area contributed by atoms with Crippen molar-refractivity contribution in [2.45, 2.75) is 90.4 Å². The Hall–Kier alpha value is -4.13. The quantitative estimate of drug-likeness (QED) is 0.179. The highest BCUT2D eigenvalue weighted by molar-refractivity contribution is 5.82. The summed E-state index contributed by atoms with van der Waals surface area (Å²) < 4.78 is 90.7. The van der Waals surface area contributed by atoms with Gasteiger partial charge >= 0.3 is 12.1 Å². The Morgan fingerprint density at radius 1 is 1.04 bits per heavy atom. The second-order valence-corrected chi connectivity index (χ2v) is 13.9. The highest BCUT2D eigenvalue weighted by Crippen LogP contribution is 2.46. The lowest BCUT2D eigenvalue weighted by Crippen LogP contribution is -2.41. The zero-order valence-electron chi connectivity index (χ0n) is 28.4. The van der Waals surface area contributed by atoms with Crippen LogP contribution in [0.5, 0.6) is 0 Å². The molecule has 1 unspecified atom stereocenters. The molecule has 1 amide bonds. The number of carboxylic acids is 1. The van der Waals surface area contributed by atoms with Gasteiger partial charge < -0.3 is 19.9 Å². The lowest BCUT2D eigenvalue weighted by molar-refractivity contribution is -0.139. The molecule has 1 aliphatic heterocycles. The Morgan fingerprint density at radius 2 is 1.72 bits per heavy atom. The minimum Gasteiger partial charge on any atom is -0.481 e. The summed E-state index contributed by atoms with van der Waals surface area (Å²) in [6, 6.07) is 1.22. The summed E-state index contributed by atoms with van der Waals surface area (Å²) in [6.07, 6.45) is -2.76. The van der Waals surface area contributed by atoms with Gasteiger partial charge in [0.1, 0.15) is 23.5 Å². The summed E-state index contributed by atoms with van der Waals surface area (Å²) >= 11 is 0. The molecule has 7 nitrogen and oxygen atoms in total. The van der Waals surface area contributed by atoms with Gasteiger partial charge in [-0.2, -0.15) is 13.2 Å². The van der Waals surface area contributed by atoms with Crippen molar-refractivity contribution >= 4 is 11.9 Å². The second kappa shape index (κ2) is 14.6. The molecule has 0 spiro atoms. The van der Waals surface area contributed by atoms with Crippen molar-refractivity contribution in [3.05, 3.63) is 91.6 Å². The molecule has 0 radical (unpaired) electrons. The smallest absolute Gasteiger partial charge is 0.416 e. The third-order valence-corrected chi connectivity index (χ3v) is 9.65. The Bertz CT molecular complexity index is 1850. The summed E-state index contributed by atoms with van der Waals surface area (Å²) in [7, 11) is 0. The number of aromatic nitrogens is 1. The number of carboxylic acid groups (broad SMARTS) is 1. The SMILES string of the molecule is Cc1ccc(F)c(C)c1-c1cc(C2CC2)c(F)c([C@H](CC(=O)O)NC(=O)C(CC(C)C)n2cc(CCN3CCC3)c(C(F)(F)F)cc2=O)c1F. The first-order valence-corrected chi connectivity index (χ1v) is 16.8. The van der Waals surface area contributed by atoms with E-state index in [0.29, 0.717) is 31.0 Å². The lowest BCUT2D eigenvalue weighted by atomic mass is 9.88. The van der Waals surface area contributed by atoms with Gasteiger partial charge in [-0.1, -0.05) is 19.9 Å². The number of amides is 1. The number of pyridine rings is 1. The van der Waals surface area contributed by atoms with E-state index in [-0.39, 0.29) is 52.5 Å². The predicted molar refractivity (Wildman–Crippen MR) is 175 cm³/mol. The molecule has 2 N–H and O–H groups in total. The van der Waals surface area contributed by atoms with E-state index in [4.69, 9.17) is 0 Å². The first kappa shape index (κ1) is 37.1. The number of hydrogen-bond donors (Lipinski definition) is 2. The van der Waals surface area contributed by atoms with E-state index in [1.807, 2.05) is 4.90 Å². The number of alkyl halides is 3. The van der Waals surface area contributed by atoms with Crippen LogP contribution in [0.2, 0.25) is 0 Å². The Balaban J connectivity index is 1.61. The molecule has 13 heteroatoms. The average Bonchev–Trinajstić information content (AvgIpc) is 3.83. The van der Waals surface area contributed by atoms with Gasteiger partial charge in [-0.05, 0) is 111 Å². The van der Waals surface area contributed by atoms with Crippen LogP contribution in [0.15, 0.2) is 35.3 Å². The van der Waals surface area contributed by atoms with E-state index in [2.05, 4.69) is 5.32 Å². The van der Waals surface area contributed by atoms with Crippen LogP contribution in [-0.4, -0.2) is 46.1 Å². The van der Waals surface area contributed by atoms with E-state index in [0.717, 1.165) is 30.3 Å². The second-order valence-electron chi connectivity index (χ2n) is 13.9. The number of likely N-dealkylation sites (tertiary alicyclic amines) is 1. The fourth-order valence-corrected chi connectivity index (χ4v) is 6.74. The lowest BCUT2D eigenvalue weighted by Gasteiger charge is -2.31. The van der Waals surface area contributed by atoms with Crippen LogP contribution in [0, 0.1) is 37.2 Å². The molecule has 1 aliphatic carbocycles. The normalized spacial score (nSPS) is 16.3. The minimum absolute atomic E-state index is 0.0428. The third kappa shape index (κ3) is 7.92. The number of carbonyl (C=O) groups is 2. The highest BCUT2D eigenvalue weighted by Gasteiger charge is 2.38. The first-order valence-electron chi connectivity index (χ1n) is 16.8. The first-order chi connectivity index (χ1) is 23.5. The number of aliphatic carboxylic acids is 1. The van der Waals surface area contributed by atoms with Crippen LogP contribution in [0.25, 0.3) is 11.1 Å². The molecule has 0 bridgehead atoms. The van der Waals surface area contributed by atoms with E-state index in [9.17, 15) is 37.1 Å². The van der Waals surface area contributed by atoms with Crippen molar-refractivity contribution in [1.29, 1.82) is 0 Å². The molecule has 270 valence electrons. The van der Waals surface area contributed by atoms with Gasteiger partial charge in [0.2, 0.25) is 5.91 Å². The number of halogens is 6. The van der Waals surface area contributed by atoms with Crippen LogP contribution in [0.3, 0.4) is 0 Å². The molecule has 2 fully saturated rings. The maximum Gasteiger partial charge on any atom is 0.416 e. The zero-order chi connectivity index (χ0) is 36.7. The van der Waals surface area contributed by atoms with Crippen LogP contribution in [-0.2, 0) is 22.2 Å². The molecule has 1 aromatic heterocycles. The van der Waals surface area contributed by atoms with Crippen LogP contribution < -0.4 is 10.9 Å². The molecular weight excluding hydrogens is 664 g/mol. The van der Waals surface area contributed by atoms with Crippen molar-refractivity contribution in [3.63, 3.8) is 0 Å². The van der Waals surface area contributed by atoms with Gasteiger partial charge in [0.15, 0.2) is 0 Å². The van der Waals surface area contributed by atoms with Crippen molar-refractivity contribution in [3.8, 4) is 11.1 Å². The number of aryl methyl sites for hydroxylation is 1. The standard InChI is InChI=1S/C37H41F6N3O4/c1-19(2)14-29(46-18-23(10-13-45-11-5-12-45)26(16-30(46)47)37(41,42)43)36(50)44-28(17-31(48)49)33-34(39)24(22-7-8-22)15-25(35(33)40)32-20(3)6-9-27(38)21(32)4/h6,9,15-16,18-19,22,28-29H,5,7-8,10-14,17H2,1-4H3,(H,44,50)(H,48,49)/t28-,29?/m0/s1. The Labute approximate surface area is 286 Å². The fraction of sp³-hybridized carbons (Fsp3) is 0.486. The fourth-order valence-electron chi connectivity index (χ4n) is 6.74. The van der Waals surface area contributed by atoms with Crippen molar-refractivity contribution in [2.24, 2.45) is 5.92 Å². The van der Waals surface area contributed by atoms with E-state index < -0.39 is 70.7 Å². The average molecular weight is 706 g/mol. The number of benzene rings is 2. The zero-order valence-corrected chi connectivity index (χ0v) is 28.4. The number of nitrogens with zero attached hydrogens (tertiary/aromatic N) is 2. The van der Waals surface area contributed by atoms with Crippen LogP contribution in [0.1, 0.15) is 97.3 Å². The molecule has 2 aromatic carbocycles. The summed E-state index contributed by atoms with van der Waals surface area (Å²) in [5, 5.41) is 12.3. The van der Waals surface area contributed by atoms with Crippen LogP contribution >= 0.6 is 0 Å². The summed E-state index contributed by atoms with van der Waals surface area (Å²) in [6.45, 7) is 8.31. The van der Waals surface area contributed by atoms with Crippen molar-refractivity contribution < 1.29 is 41.0 Å². The Kier molecular flexibility index (Phi) is 10.9. The molecule has 2 heterocycles. The summed E-state index contributed by atoms with van der Waals surface area (Å²) in [4.78, 5) is 41.4. The minimum atomic E-state index is -4.83. The van der Waals surface area contributed by atoms with E-state index in [1.54, 1.807) is 20.8 Å². The largest absolute Gasteiger partial charge is 0.481 e. The van der Waals surface area contributed by atoms with Gasteiger partial charge in [-0.3, -0.25) is 14.4 Å². The monoisotopic (exact) mass is 705 g/mol. The Morgan fingerprint density at radius 3 is 2.28 bits per heavy atom. The predicted octanol–water partition coefficient (Wildman–Crippen LogP) is 7.61. The number of carbonyl (C=O) groups excluding carboxylic acids is 1. The third-order valence-electron chi connectivity index (χ3n) is 9.65. The van der Waals surface area contributed by atoms with E-state index in [1.165, 1.54) is 25.1 Å².